The topological polar surface area (TPSA) is 30.2 Å². The van der Waals surface area contributed by atoms with E-state index in [0.717, 1.165) is 22.2 Å². The summed E-state index contributed by atoms with van der Waals surface area (Å²) in [6, 6.07) is 11.3. The summed E-state index contributed by atoms with van der Waals surface area (Å²) in [6.07, 6.45) is 1.19. The summed E-state index contributed by atoms with van der Waals surface area (Å²) < 4.78 is 6.45. The first-order chi connectivity index (χ1) is 8.19. The zero-order valence-electron chi connectivity index (χ0n) is 9.57. The number of rotatable bonds is 4. The van der Waals surface area contributed by atoms with Crippen molar-refractivity contribution >= 4 is 21.7 Å². The summed E-state index contributed by atoms with van der Waals surface area (Å²) in [5.41, 5.74) is 0.993. The Kier molecular flexibility index (Phi) is 3.79. The van der Waals surface area contributed by atoms with Gasteiger partial charge in [0.1, 0.15) is 5.76 Å². The van der Waals surface area contributed by atoms with Gasteiger partial charge in [-0.2, -0.15) is 0 Å². The van der Waals surface area contributed by atoms with Gasteiger partial charge in [0.15, 0.2) is 5.76 Å². The van der Waals surface area contributed by atoms with Crippen molar-refractivity contribution in [1.29, 1.82) is 0 Å². The third-order valence-corrected chi connectivity index (χ3v) is 3.09. The molecule has 0 radical (unpaired) electrons. The molecular weight excluding hydrogens is 280 g/mol. The maximum atomic E-state index is 11.9. The molecule has 0 aliphatic rings. The number of hydrogen-bond acceptors (Lipinski definition) is 2. The Morgan fingerprint density at radius 2 is 1.88 bits per heavy atom. The van der Waals surface area contributed by atoms with Gasteiger partial charge in [-0.05, 0) is 29.8 Å². The molecule has 1 aromatic heterocycles. The minimum Gasteiger partial charge on any atom is -0.458 e. The molecule has 3 heteroatoms. The molecule has 2 aromatic rings. The van der Waals surface area contributed by atoms with E-state index in [-0.39, 0.29) is 5.78 Å². The quantitative estimate of drug-likeness (QED) is 0.797. The maximum absolute atomic E-state index is 11.9. The van der Waals surface area contributed by atoms with Gasteiger partial charge < -0.3 is 4.42 Å². The summed E-state index contributed by atoms with van der Waals surface area (Å²) in [5.74, 6) is 1.32. The highest BCUT2D eigenvalue weighted by Crippen LogP contribution is 2.14. The van der Waals surface area contributed by atoms with Crippen molar-refractivity contribution in [3.8, 4) is 0 Å². The first-order valence-electron chi connectivity index (χ1n) is 5.55. The van der Waals surface area contributed by atoms with E-state index in [0.29, 0.717) is 12.2 Å². The lowest BCUT2D eigenvalue weighted by atomic mass is 10.1. The molecule has 0 unspecified atom stereocenters. The third kappa shape index (κ3) is 3.07. The molecule has 0 spiro atoms. The lowest BCUT2D eigenvalue weighted by Crippen LogP contribution is -2.01. The molecule has 0 saturated heterocycles. The van der Waals surface area contributed by atoms with Crippen LogP contribution >= 0.6 is 15.9 Å². The largest absolute Gasteiger partial charge is 0.458 e. The lowest BCUT2D eigenvalue weighted by molar-refractivity contribution is 0.0965. The monoisotopic (exact) mass is 292 g/mol. The number of benzene rings is 1. The molecule has 0 aliphatic carbocycles. The smallest absolute Gasteiger partial charge is 0.202 e. The fraction of sp³-hybridized carbons (Fsp3) is 0.214. The van der Waals surface area contributed by atoms with Gasteiger partial charge in [-0.15, -0.1) is 0 Å². The van der Waals surface area contributed by atoms with Gasteiger partial charge in [-0.3, -0.25) is 4.79 Å². The predicted molar refractivity (Wildman–Crippen MR) is 70.3 cm³/mol. The highest BCUT2D eigenvalue weighted by Gasteiger charge is 2.11. The van der Waals surface area contributed by atoms with E-state index in [1.165, 1.54) is 0 Å². The highest BCUT2D eigenvalue weighted by atomic mass is 79.9. The third-order valence-electron chi connectivity index (χ3n) is 2.56. The van der Waals surface area contributed by atoms with E-state index in [4.69, 9.17) is 4.42 Å². The van der Waals surface area contributed by atoms with Crippen molar-refractivity contribution in [3.63, 3.8) is 0 Å². The van der Waals surface area contributed by atoms with E-state index >= 15 is 0 Å². The van der Waals surface area contributed by atoms with Gasteiger partial charge in [0.2, 0.25) is 5.78 Å². The molecule has 0 N–H and O–H groups in total. The highest BCUT2D eigenvalue weighted by molar-refractivity contribution is 9.10. The molecule has 1 heterocycles. The van der Waals surface area contributed by atoms with E-state index in [1.807, 2.05) is 37.3 Å². The zero-order valence-corrected chi connectivity index (χ0v) is 11.2. The Hall–Kier alpha value is -1.35. The SMILES string of the molecule is CCc1ccc(C(=O)Cc2ccc(Br)cc2)o1. The minimum absolute atomic E-state index is 0.0204. The number of carbonyl (C=O) groups excluding carboxylic acids is 1. The molecule has 0 amide bonds. The second-order valence-corrected chi connectivity index (χ2v) is 4.76. The van der Waals surface area contributed by atoms with Crippen molar-refractivity contribution in [1.82, 2.24) is 0 Å². The first kappa shape index (κ1) is 12.1. The lowest BCUT2D eigenvalue weighted by Gasteiger charge is -1.99. The van der Waals surface area contributed by atoms with Crippen LogP contribution in [-0.4, -0.2) is 5.78 Å². The van der Waals surface area contributed by atoms with Crippen molar-refractivity contribution in [2.75, 3.05) is 0 Å². The Bertz CT molecular complexity index is 511. The molecule has 0 bridgehead atoms. The number of furan rings is 1. The fourth-order valence-electron chi connectivity index (χ4n) is 1.59. The Morgan fingerprint density at radius 3 is 2.47 bits per heavy atom. The number of ketones is 1. The summed E-state index contributed by atoms with van der Waals surface area (Å²) in [5, 5.41) is 0. The molecule has 2 nitrogen and oxygen atoms in total. The van der Waals surface area contributed by atoms with Crippen molar-refractivity contribution < 1.29 is 9.21 Å². The molecule has 0 aliphatic heterocycles. The second-order valence-electron chi connectivity index (χ2n) is 3.85. The van der Waals surface area contributed by atoms with E-state index in [9.17, 15) is 4.79 Å². The van der Waals surface area contributed by atoms with Gasteiger partial charge in [0.05, 0.1) is 0 Å². The summed E-state index contributed by atoms with van der Waals surface area (Å²) in [4.78, 5) is 11.9. The molecule has 0 atom stereocenters. The molecule has 2 rings (SSSR count). The second kappa shape index (κ2) is 5.32. The minimum atomic E-state index is 0.0204. The Labute approximate surface area is 109 Å². The van der Waals surface area contributed by atoms with Crippen LogP contribution in [-0.2, 0) is 12.8 Å². The number of Topliss-reactive ketones (excluding diaryl/α,β-unsaturated/α-hetero) is 1. The van der Waals surface area contributed by atoms with Crippen molar-refractivity contribution in [2.45, 2.75) is 19.8 Å². The van der Waals surface area contributed by atoms with Crippen LogP contribution in [0.2, 0.25) is 0 Å². The maximum Gasteiger partial charge on any atom is 0.202 e. The average Bonchev–Trinajstić information content (AvgIpc) is 2.81. The molecule has 17 heavy (non-hydrogen) atoms. The van der Waals surface area contributed by atoms with Gasteiger partial charge in [-0.25, -0.2) is 0 Å². The van der Waals surface area contributed by atoms with Crippen LogP contribution in [0.25, 0.3) is 0 Å². The summed E-state index contributed by atoms with van der Waals surface area (Å²) >= 11 is 3.37. The van der Waals surface area contributed by atoms with E-state index in [1.54, 1.807) is 6.07 Å². The standard InChI is InChI=1S/C14H13BrO2/c1-2-12-7-8-14(17-12)13(16)9-10-3-5-11(15)6-4-10/h3-8H,2,9H2,1H3. The number of halogens is 1. The van der Waals surface area contributed by atoms with Crippen molar-refractivity contribution in [2.24, 2.45) is 0 Å². The van der Waals surface area contributed by atoms with Crippen LogP contribution in [0.4, 0.5) is 0 Å². The van der Waals surface area contributed by atoms with Crippen LogP contribution in [0.3, 0.4) is 0 Å². The normalized spacial score (nSPS) is 10.5. The summed E-state index contributed by atoms with van der Waals surface area (Å²) in [6.45, 7) is 2.00. The Balaban J connectivity index is 2.08. The van der Waals surface area contributed by atoms with Gasteiger partial charge >= 0.3 is 0 Å². The number of carbonyl (C=O) groups is 1. The van der Waals surface area contributed by atoms with Crippen molar-refractivity contribution in [3.05, 3.63) is 58.0 Å². The van der Waals surface area contributed by atoms with Crippen LogP contribution in [0.1, 0.15) is 28.8 Å². The fourth-order valence-corrected chi connectivity index (χ4v) is 1.86. The Morgan fingerprint density at radius 1 is 1.18 bits per heavy atom. The van der Waals surface area contributed by atoms with Gasteiger partial charge in [0.25, 0.3) is 0 Å². The molecule has 0 saturated carbocycles. The summed E-state index contributed by atoms with van der Waals surface area (Å²) in [7, 11) is 0. The average molecular weight is 293 g/mol. The molecular formula is C14H13BrO2. The zero-order chi connectivity index (χ0) is 12.3. The van der Waals surface area contributed by atoms with Gasteiger partial charge in [-0.1, -0.05) is 35.0 Å². The predicted octanol–water partition coefficient (Wildman–Crippen LogP) is 4.03. The molecule has 0 fully saturated rings. The molecule has 88 valence electrons. The van der Waals surface area contributed by atoms with Crippen LogP contribution in [0.15, 0.2) is 45.3 Å². The van der Waals surface area contributed by atoms with Crippen LogP contribution in [0, 0.1) is 0 Å². The van der Waals surface area contributed by atoms with Gasteiger partial charge in [0, 0.05) is 17.3 Å². The van der Waals surface area contributed by atoms with Crippen LogP contribution in [0.5, 0.6) is 0 Å². The molecule has 1 aromatic carbocycles. The van der Waals surface area contributed by atoms with Crippen LogP contribution < -0.4 is 0 Å². The number of aryl methyl sites for hydroxylation is 1. The van der Waals surface area contributed by atoms with E-state index in [2.05, 4.69) is 15.9 Å². The number of hydrogen-bond donors (Lipinski definition) is 0. The van der Waals surface area contributed by atoms with E-state index < -0.39 is 0 Å². The first-order valence-corrected chi connectivity index (χ1v) is 6.34.